The lowest BCUT2D eigenvalue weighted by Crippen LogP contribution is -2.31. The Morgan fingerprint density at radius 1 is 1.27 bits per heavy atom. The summed E-state index contributed by atoms with van der Waals surface area (Å²) in [5.41, 5.74) is 0.576. The van der Waals surface area contributed by atoms with Crippen molar-refractivity contribution >= 4 is 57.5 Å². The molecule has 2 rings (SSSR count). The molecule has 22 heavy (non-hydrogen) atoms. The number of benzene rings is 1. The van der Waals surface area contributed by atoms with E-state index < -0.39 is 17.3 Å². The first-order valence-electron chi connectivity index (χ1n) is 5.98. The molecule has 1 heterocycles. The van der Waals surface area contributed by atoms with Crippen molar-refractivity contribution in [2.45, 2.75) is 16.5 Å². The minimum Gasteiger partial charge on any atom is -0.549 e. The number of carboxylic acids is 1. The van der Waals surface area contributed by atoms with E-state index in [1.165, 1.54) is 6.92 Å². The molecule has 1 aromatic carbocycles. The number of aliphatic carboxylic acids is 1. The Hall–Kier alpha value is -1.84. The quantitative estimate of drug-likeness (QED) is 0.626. The van der Waals surface area contributed by atoms with Crippen molar-refractivity contribution in [2.75, 3.05) is 10.6 Å². The zero-order valence-electron chi connectivity index (χ0n) is 11.2. The van der Waals surface area contributed by atoms with E-state index in [-0.39, 0.29) is 5.13 Å². The number of nitrogens with one attached hydrogen (secondary N) is 2. The van der Waals surface area contributed by atoms with Gasteiger partial charge in [-0.2, -0.15) is 0 Å². The van der Waals surface area contributed by atoms with Gasteiger partial charge in [0.25, 0.3) is 0 Å². The van der Waals surface area contributed by atoms with Crippen LogP contribution in [-0.2, 0) is 4.79 Å². The van der Waals surface area contributed by atoms with E-state index in [1.54, 1.807) is 24.3 Å². The fraction of sp³-hybridized carbons (Fsp3) is 0.167. The van der Waals surface area contributed by atoms with Crippen LogP contribution in [0.4, 0.5) is 15.6 Å². The summed E-state index contributed by atoms with van der Waals surface area (Å²) in [5, 5.41) is 23.4. The Kier molecular flexibility index (Phi) is 5.58. The number of hydrogen-bond acceptors (Lipinski definition) is 7. The lowest BCUT2D eigenvalue weighted by molar-refractivity contribution is -0.304. The number of thioether (sulfide) groups is 1. The molecule has 10 heteroatoms. The summed E-state index contributed by atoms with van der Waals surface area (Å²) in [5.74, 6) is -1.19. The third-order valence-corrected chi connectivity index (χ3v) is 4.59. The number of carboxylic acid groups (broad SMARTS) is 1. The summed E-state index contributed by atoms with van der Waals surface area (Å²) in [7, 11) is 0. The Morgan fingerprint density at radius 2 is 1.95 bits per heavy atom. The topological polar surface area (TPSA) is 107 Å². The van der Waals surface area contributed by atoms with Gasteiger partial charge < -0.3 is 15.2 Å². The minimum atomic E-state index is -1.19. The highest BCUT2D eigenvalue weighted by atomic mass is 35.5. The first kappa shape index (κ1) is 16.5. The lowest BCUT2D eigenvalue weighted by atomic mass is 10.3. The summed E-state index contributed by atoms with van der Waals surface area (Å²) >= 11 is 7.83. The van der Waals surface area contributed by atoms with Crippen molar-refractivity contribution in [2.24, 2.45) is 0 Å². The van der Waals surface area contributed by atoms with Gasteiger partial charge in [-0.05, 0) is 31.2 Å². The summed E-state index contributed by atoms with van der Waals surface area (Å²) in [6.45, 7) is 1.49. The van der Waals surface area contributed by atoms with E-state index in [9.17, 15) is 14.7 Å². The van der Waals surface area contributed by atoms with E-state index in [0.29, 0.717) is 15.0 Å². The molecule has 2 amide bonds. The summed E-state index contributed by atoms with van der Waals surface area (Å²) in [6.07, 6.45) is 0. The Labute approximate surface area is 139 Å². The second-order valence-corrected chi connectivity index (χ2v) is 7.04. The van der Waals surface area contributed by atoms with Crippen molar-refractivity contribution in [3.63, 3.8) is 0 Å². The average Bonchev–Trinajstić information content (AvgIpc) is 2.88. The smallest absolute Gasteiger partial charge is 0.325 e. The van der Waals surface area contributed by atoms with E-state index in [4.69, 9.17) is 11.6 Å². The average molecular weight is 358 g/mol. The van der Waals surface area contributed by atoms with Gasteiger partial charge in [0, 0.05) is 16.0 Å². The number of anilines is 2. The van der Waals surface area contributed by atoms with Gasteiger partial charge in [-0.25, -0.2) is 4.79 Å². The molecule has 0 spiro atoms. The second-order valence-electron chi connectivity index (χ2n) is 4.04. The summed E-state index contributed by atoms with van der Waals surface area (Å²) in [6, 6.07) is 6.13. The molecule has 2 N–H and O–H groups in total. The van der Waals surface area contributed by atoms with Crippen LogP contribution in [0.5, 0.6) is 0 Å². The van der Waals surface area contributed by atoms with Crippen LogP contribution in [-0.4, -0.2) is 27.4 Å². The molecule has 0 aliphatic carbocycles. The fourth-order valence-electron chi connectivity index (χ4n) is 1.30. The molecular weight excluding hydrogens is 348 g/mol. The molecule has 0 aliphatic heterocycles. The van der Waals surface area contributed by atoms with Crippen LogP contribution in [0.2, 0.25) is 5.02 Å². The van der Waals surface area contributed by atoms with Gasteiger partial charge in [-0.1, -0.05) is 34.7 Å². The van der Waals surface area contributed by atoms with Gasteiger partial charge in [0.2, 0.25) is 5.13 Å². The minimum absolute atomic E-state index is 0.263. The van der Waals surface area contributed by atoms with Crippen LogP contribution in [0.1, 0.15) is 6.92 Å². The number of carbonyl (C=O) groups excluding carboxylic acids is 2. The van der Waals surface area contributed by atoms with E-state index in [1.807, 2.05) is 0 Å². The van der Waals surface area contributed by atoms with Crippen molar-refractivity contribution < 1.29 is 14.7 Å². The summed E-state index contributed by atoms with van der Waals surface area (Å²) in [4.78, 5) is 22.4. The highest BCUT2D eigenvalue weighted by Gasteiger charge is 2.12. The number of urea groups is 1. The number of halogens is 1. The molecule has 116 valence electrons. The van der Waals surface area contributed by atoms with Gasteiger partial charge >= 0.3 is 6.03 Å². The molecule has 0 unspecified atom stereocenters. The number of nitrogens with zero attached hydrogens (tertiary/aromatic N) is 2. The molecule has 0 bridgehead atoms. The first-order valence-corrected chi connectivity index (χ1v) is 8.06. The van der Waals surface area contributed by atoms with Crippen LogP contribution in [0.15, 0.2) is 28.6 Å². The highest BCUT2D eigenvalue weighted by molar-refractivity contribution is 8.02. The van der Waals surface area contributed by atoms with Gasteiger partial charge in [0.1, 0.15) is 0 Å². The van der Waals surface area contributed by atoms with Crippen molar-refractivity contribution in [1.29, 1.82) is 0 Å². The Balaban J connectivity index is 1.90. The zero-order chi connectivity index (χ0) is 16.1. The normalized spacial score (nSPS) is 11.7. The number of aromatic nitrogens is 2. The first-order chi connectivity index (χ1) is 10.4. The molecule has 0 saturated carbocycles. The molecule has 0 saturated heterocycles. The maximum absolute atomic E-state index is 11.8. The molecule has 0 radical (unpaired) electrons. The van der Waals surface area contributed by atoms with E-state index >= 15 is 0 Å². The lowest BCUT2D eigenvalue weighted by Gasteiger charge is -2.08. The molecule has 0 aliphatic rings. The highest BCUT2D eigenvalue weighted by Crippen LogP contribution is 2.28. The molecule has 7 nitrogen and oxygen atoms in total. The third-order valence-electron chi connectivity index (χ3n) is 2.34. The maximum Gasteiger partial charge on any atom is 0.325 e. The van der Waals surface area contributed by atoms with Gasteiger partial charge in [0.05, 0.1) is 5.97 Å². The van der Waals surface area contributed by atoms with Gasteiger partial charge in [-0.3, -0.25) is 5.32 Å². The number of hydrogen-bond donors (Lipinski definition) is 2. The Morgan fingerprint density at radius 3 is 2.59 bits per heavy atom. The van der Waals surface area contributed by atoms with Crippen LogP contribution in [0.25, 0.3) is 0 Å². The SMILES string of the molecule is C[C@H](Sc1nnc(NC(=O)Nc2ccc(Cl)cc2)s1)C(=O)[O-]. The monoisotopic (exact) mass is 357 g/mol. The predicted molar refractivity (Wildman–Crippen MR) is 84.3 cm³/mol. The van der Waals surface area contributed by atoms with Crippen molar-refractivity contribution in [3.8, 4) is 0 Å². The number of rotatable bonds is 5. The zero-order valence-corrected chi connectivity index (χ0v) is 13.6. The van der Waals surface area contributed by atoms with Crippen LogP contribution < -0.4 is 15.7 Å². The number of carbonyl (C=O) groups is 2. The molecule has 0 fully saturated rings. The maximum atomic E-state index is 11.8. The predicted octanol–water partition coefficient (Wildman–Crippen LogP) is 2.07. The van der Waals surface area contributed by atoms with Crippen molar-refractivity contribution in [3.05, 3.63) is 29.3 Å². The molecule has 1 atom stereocenters. The van der Waals surface area contributed by atoms with Crippen molar-refractivity contribution in [1.82, 2.24) is 10.2 Å². The standard InChI is InChI=1S/C12H11ClN4O3S2/c1-6(9(18)19)21-12-17-16-11(22-12)15-10(20)14-8-4-2-7(13)3-5-8/h2-6H,1H3,(H,18,19)(H2,14,15,16,20)/p-1/t6-/m0/s1. The largest absolute Gasteiger partial charge is 0.549 e. The van der Waals surface area contributed by atoms with Gasteiger partial charge in [0.15, 0.2) is 4.34 Å². The number of amides is 2. The van der Waals surface area contributed by atoms with Crippen LogP contribution in [0, 0.1) is 0 Å². The van der Waals surface area contributed by atoms with Crippen LogP contribution in [0.3, 0.4) is 0 Å². The summed E-state index contributed by atoms with van der Waals surface area (Å²) < 4.78 is 0.429. The van der Waals surface area contributed by atoms with E-state index in [0.717, 1.165) is 23.1 Å². The third kappa shape index (κ3) is 4.86. The molecule has 2 aromatic rings. The Bertz CT molecular complexity index is 677. The second kappa shape index (κ2) is 7.43. The molecule has 1 aromatic heterocycles. The molecular formula is C12H10ClN4O3S2-. The van der Waals surface area contributed by atoms with Crippen LogP contribution >= 0.6 is 34.7 Å². The van der Waals surface area contributed by atoms with Gasteiger partial charge in [-0.15, -0.1) is 10.2 Å². The van der Waals surface area contributed by atoms with E-state index in [2.05, 4.69) is 20.8 Å². The fourth-order valence-corrected chi connectivity index (χ4v) is 3.25.